The van der Waals surface area contributed by atoms with E-state index in [1.54, 1.807) is 0 Å². The van der Waals surface area contributed by atoms with Gasteiger partial charge in [-0.3, -0.25) is 0 Å². The lowest BCUT2D eigenvalue weighted by molar-refractivity contribution is -0.147. The van der Waals surface area contributed by atoms with Crippen molar-refractivity contribution in [3.05, 3.63) is 35.1 Å². The number of hydrogen-bond acceptors (Lipinski definition) is 1. The summed E-state index contributed by atoms with van der Waals surface area (Å²) in [5, 5.41) is 10.2. The first-order valence-corrected chi connectivity index (χ1v) is 5.39. The molecule has 0 radical (unpaired) electrons. The fraction of sp³-hybridized carbons (Fsp3) is 0.500. The third-order valence-corrected chi connectivity index (χ3v) is 3.23. The minimum Gasteiger partial charge on any atom is -0.385 e. The monoisotopic (exact) mass is 248 g/mol. The van der Waals surface area contributed by atoms with Gasteiger partial charge in [0.15, 0.2) is 0 Å². The fourth-order valence-corrected chi connectivity index (χ4v) is 2.32. The highest BCUT2D eigenvalue weighted by Gasteiger charge is 2.41. The summed E-state index contributed by atoms with van der Waals surface area (Å²) in [4.78, 5) is 0. The molecule has 2 rings (SSSR count). The molecule has 0 saturated heterocycles. The molecule has 1 aromatic carbocycles. The Morgan fingerprint density at radius 3 is 2.65 bits per heavy atom. The molecule has 0 aliphatic heterocycles. The van der Waals surface area contributed by atoms with Gasteiger partial charge in [0.05, 0.1) is 5.60 Å². The van der Waals surface area contributed by atoms with Crippen LogP contribution >= 0.6 is 0 Å². The highest BCUT2D eigenvalue weighted by atomic mass is 19.4. The van der Waals surface area contributed by atoms with Gasteiger partial charge in [0.1, 0.15) is 5.82 Å². The Bertz CT molecular complexity index is 427. The molecule has 0 fully saturated rings. The van der Waals surface area contributed by atoms with Gasteiger partial charge in [-0.1, -0.05) is 12.1 Å². The summed E-state index contributed by atoms with van der Waals surface area (Å²) in [5.74, 6) is -0.453. The third kappa shape index (κ3) is 2.44. The highest BCUT2D eigenvalue weighted by molar-refractivity contribution is 5.38. The molecule has 1 aromatic rings. The van der Waals surface area contributed by atoms with Crippen molar-refractivity contribution in [2.45, 2.75) is 37.5 Å². The van der Waals surface area contributed by atoms with Crippen molar-refractivity contribution >= 4 is 0 Å². The summed E-state index contributed by atoms with van der Waals surface area (Å²) < 4.78 is 49.8. The predicted molar refractivity (Wildman–Crippen MR) is 53.9 cm³/mol. The van der Waals surface area contributed by atoms with Crippen LogP contribution in [0, 0.1) is 5.82 Å². The number of hydrogen-bond donors (Lipinski definition) is 1. The normalized spacial score (nSPS) is 23.8. The Kier molecular flexibility index (Phi) is 2.89. The van der Waals surface area contributed by atoms with Gasteiger partial charge in [-0.2, -0.15) is 13.2 Å². The van der Waals surface area contributed by atoms with Crippen molar-refractivity contribution in [2.24, 2.45) is 0 Å². The maximum absolute atomic E-state index is 13.4. The lowest BCUT2D eigenvalue weighted by atomic mass is 9.91. The second kappa shape index (κ2) is 3.98. The third-order valence-electron chi connectivity index (χ3n) is 3.23. The van der Waals surface area contributed by atoms with Gasteiger partial charge in [-0.15, -0.1) is 0 Å². The second-order valence-corrected chi connectivity index (χ2v) is 4.41. The molecule has 1 nitrogen and oxygen atoms in total. The summed E-state index contributed by atoms with van der Waals surface area (Å²) in [7, 11) is 0. The molecule has 5 heteroatoms. The predicted octanol–water partition coefficient (Wildman–Crippen LogP) is 3.30. The number of benzene rings is 1. The molecule has 0 bridgehead atoms. The quantitative estimate of drug-likeness (QED) is 0.796. The van der Waals surface area contributed by atoms with Gasteiger partial charge in [-0.05, 0) is 36.5 Å². The van der Waals surface area contributed by atoms with Crippen LogP contribution in [0.2, 0.25) is 0 Å². The summed E-state index contributed by atoms with van der Waals surface area (Å²) in [5.41, 5.74) is -0.883. The zero-order chi connectivity index (χ0) is 12.7. The molecule has 94 valence electrons. The summed E-state index contributed by atoms with van der Waals surface area (Å²) in [6.07, 6.45) is -5.33. The van der Waals surface area contributed by atoms with Crippen molar-refractivity contribution in [3.8, 4) is 0 Å². The zero-order valence-corrected chi connectivity index (χ0v) is 9.02. The zero-order valence-electron chi connectivity index (χ0n) is 9.02. The lowest BCUT2D eigenvalue weighted by Crippen LogP contribution is -2.25. The number of alkyl halides is 3. The van der Waals surface area contributed by atoms with E-state index in [9.17, 15) is 22.7 Å². The molecule has 1 N–H and O–H groups in total. The Morgan fingerprint density at radius 2 is 2.00 bits per heavy atom. The van der Waals surface area contributed by atoms with E-state index >= 15 is 0 Å². The molecule has 0 heterocycles. The topological polar surface area (TPSA) is 20.2 Å². The van der Waals surface area contributed by atoms with Crippen LogP contribution in [-0.4, -0.2) is 11.3 Å². The van der Waals surface area contributed by atoms with E-state index in [-0.39, 0.29) is 12.8 Å². The average molecular weight is 248 g/mol. The fourth-order valence-electron chi connectivity index (χ4n) is 2.32. The average Bonchev–Trinajstić information content (AvgIpc) is 2.56. The van der Waals surface area contributed by atoms with Crippen LogP contribution in [-0.2, 0) is 12.0 Å². The molecule has 1 unspecified atom stereocenters. The Labute approximate surface area is 96.1 Å². The van der Waals surface area contributed by atoms with Crippen LogP contribution in [0.4, 0.5) is 17.6 Å². The number of fused-ring (bicyclic) bond motifs is 1. The van der Waals surface area contributed by atoms with Gasteiger partial charge < -0.3 is 5.11 Å². The van der Waals surface area contributed by atoms with E-state index in [2.05, 4.69) is 0 Å². The van der Waals surface area contributed by atoms with Crippen LogP contribution < -0.4 is 0 Å². The Morgan fingerprint density at radius 1 is 1.29 bits per heavy atom. The molecular formula is C12H12F4O. The molecular weight excluding hydrogens is 236 g/mol. The molecule has 0 spiro atoms. The van der Waals surface area contributed by atoms with E-state index in [1.807, 2.05) is 0 Å². The van der Waals surface area contributed by atoms with Gasteiger partial charge in [0.25, 0.3) is 0 Å². The van der Waals surface area contributed by atoms with E-state index in [4.69, 9.17) is 0 Å². The van der Waals surface area contributed by atoms with Gasteiger partial charge in [-0.25, -0.2) is 4.39 Å². The van der Waals surface area contributed by atoms with E-state index in [0.29, 0.717) is 11.1 Å². The van der Waals surface area contributed by atoms with Crippen LogP contribution in [0.1, 0.15) is 30.4 Å². The van der Waals surface area contributed by atoms with Crippen molar-refractivity contribution in [2.75, 3.05) is 0 Å². The molecule has 0 saturated carbocycles. The minimum atomic E-state index is -4.30. The van der Waals surface area contributed by atoms with Crippen LogP contribution in [0.15, 0.2) is 18.2 Å². The molecule has 17 heavy (non-hydrogen) atoms. The van der Waals surface area contributed by atoms with Crippen molar-refractivity contribution in [1.29, 1.82) is 0 Å². The summed E-state index contributed by atoms with van der Waals surface area (Å²) in [6.45, 7) is 0. The lowest BCUT2D eigenvalue weighted by Gasteiger charge is -2.24. The maximum Gasteiger partial charge on any atom is 0.389 e. The molecule has 1 atom stereocenters. The first-order chi connectivity index (χ1) is 7.82. The molecule has 0 aromatic heterocycles. The summed E-state index contributed by atoms with van der Waals surface area (Å²) in [6, 6.07) is 4.17. The van der Waals surface area contributed by atoms with Gasteiger partial charge in [0.2, 0.25) is 0 Å². The van der Waals surface area contributed by atoms with Crippen LogP contribution in [0.25, 0.3) is 0 Å². The first kappa shape index (κ1) is 12.4. The van der Waals surface area contributed by atoms with E-state index in [0.717, 1.165) is 0 Å². The van der Waals surface area contributed by atoms with Gasteiger partial charge in [0, 0.05) is 6.42 Å². The number of halogens is 4. The molecule has 1 aliphatic rings. The van der Waals surface area contributed by atoms with Crippen LogP contribution in [0.5, 0.6) is 0 Å². The molecule has 0 amide bonds. The largest absolute Gasteiger partial charge is 0.389 e. The highest BCUT2D eigenvalue weighted by Crippen LogP contribution is 2.42. The Hall–Kier alpha value is -1.10. The van der Waals surface area contributed by atoms with Crippen LogP contribution in [0.3, 0.4) is 0 Å². The Balaban J connectivity index is 2.23. The van der Waals surface area contributed by atoms with Gasteiger partial charge >= 0.3 is 6.18 Å². The van der Waals surface area contributed by atoms with E-state index < -0.39 is 30.4 Å². The summed E-state index contributed by atoms with van der Waals surface area (Å²) >= 11 is 0. The first-order valence-electron chi connectivity index (χ1n) is 5.39. The smallest absolute Gasteiger partial charge is 0.385 e. The maximum atomic E-state index is 13.4. The molecule has 1 aliphatic carbocycles. The SMILES string of the molecule is OC1(CCC(F)(F)F)CCc2c(F)cccc21. The number of aliphatic hydroxyl groups is 1. The van der Waals surface area contributed by atoms with E-state index in [1.165, 1.54) is 18.2 Å². The standard InChI is InChI=1S/C12H12F4O/c13-10-3-1-2-9-8(10)4-5-11(9,17)6-7-12(14,15)16/h1-3,17H,4-7H2. The number of rotatable bonds is 2. The second-order valence-electron chi connectivity index (χ2n) is 4.41. The minimum absolute atomic E-state index is 0.152. The van der Waals surface area contributed by atoms with Crippen molar-refractivity contribution < 1.29 is 22.7 Å². The van der Waals surface area contributed by atoms with Crippen molar-refractivity contribution in [1.82, 2.24) is 0 Å². The van der Waals surface area contributed by atoms with Crippen molar-refractivity contribution in [3.63, 3.8) is 0 Å².